The Bertz CT molecular complexity index is 1160. The van der Waals surface area contributed by atoms with Gasteiger partial charge in [-0.3, -0.25) is 10.1 Å². The number of anilines is 1. The Morgan fingerprint density at radius 1 is 1.12 bits per heavy atom. The van der Waals surface area contributed by atoms with Crippen LogP contribution in [0.3, 0.4) is 0 Å². The Labute approximate surface area is 193 Å². The lowest BCUT2D eigenvalue weighted by atomic mass is 9.88. The molecule has 172 valence electrons. The van der Waals surface area contributed by atoms with Gasteiger partial charge in [-0.1, -0.05) is 57.2 Å². The Morgan fingerprint density at radius 2 is 1.85 bits per heavy atom. The summed E-state index contributed by atoms with van der Waals surface area (Å²) in [6, 6.07) is 17.0. The van der Waals surface area contributed by atoms with Crippen LogP contribution in [0.1, 0.15) is 62.0 Å². The number of carboxylic acids is 1. The van der Waals surface area contributed by atoms with E-state index in [0.717, 1.165) is 30.6 Å². The Kier molecular flexibility index (Phi) is 6.22. The number of carboxylic acid groups (broad SMARTS) is 1. The number of aromatic nitrogens is 2. The summed E-state index contributed by atoms with van der Waals surface area (Å²) in [5.41, 5.74) is 4.56. The summed E-state index contributed by atoms with van der Waals surface area (Å²) in [6.45, 7) is 6.20. The lowest BCUT2D eigenvalue weighted by Crippen LogP contribution is -2.34. The standard InChI is InChI=1S/C26H30N4O3/c1-26(2,3)22-16-23(30(29-22)19-13-11-17(12-14-19)15-24(31)32)28-25(33)27-21-10-6-8-18-7-4-5-9-20(18)21/h4-5,7,9,11-14,16,21H,6,8,10,15H2,1-3H3,(H,31,32)(H2,27,28,33)/t21-/m0/s1. The van der Waals surface area contributed by atoms with Crippen LogP contribution in [0.4, 0.5) is 10.6 Å². The molecule has 2 aromatic carbocycles. The van der Waals surface area contributed by atoms with Crippen LogP contribution in [-0.4, -0.2) is 26.9 Å². The number of urea groups is 1. The van der Waals surface area contributed by atoms with Crippen molar-refractivity contribution in [3.05, 3.63) is 77.0 Å². The molecule has 7 nitrogen and oxygen atoms in total. The topological polar surface area (TPSA) is 96.2 Å². The fourth-order valence-electron chi connectivity index (χ4n) is 4.18. The van der Waals surface area contributed by atoms with Crippen molar-refractivity contribution in [2.45, 2.75) is 57.9 Å². The minimum absolute atomic E-state index is 0.0243. The molecule has 1 aliphatic rings. The smallest absolute Gasteiger partial charge is 0.320 e. The van der Waals surface area contributed by atoms with Gasteiger partial charge in [0.25, 0.3) is 0 Å². The molecule has 1 heterocycles. The van der Waals surface area contributed by atoms with E-state index in [1.165, 1.54) is 11.1 Å². The summed E-state index contributed by atoms with van der Waals surface area (Å²) in [4.78, 5) is 24.0. The minimum Gasteiger partial charge on any atom is -0.481 e. The average molecular weight is 447 g/mol. The van der Waals surface area contributed by atoms with Gasteiger partial charge in [0, 0.05) is 11.5 Å². The number of aliphatic carboxylic acids is 1. The van der Waals surface area contributed by atoms with Crippen LogP contribution in [0.15, 0.2) is 54.6 Å². The van der Waals surface area contributed by atoms with Crippen molar-refractivity contribution in [3.8, 4) is 5.69 Å². The van der Waals surface area contributed by atoms with Crippen molar-refractivity contribution < 1.29 is 14.7 Å². The maximum Gasteiger partial charge on any atom is 0.320 e. The molecule has 3 aromatic rings. The normalized spacial score (nSPS) is 15.5. The molecule has 0 bridgehead atoms. The molecular formula is C26H30N4O3. The summed E-state index contributed by atoms with van der Waals surface area (Å²) in [6.07, 6.45) is 2.94. The van der Waals surface area contributed by atoms with Crippen LogP contribution < -0.4 is 10.6 Å². The third-order valence-electron chi connectivity index (χ3n) is 5.93. The summed E-state index contributed by atoms with van der Waals surface area (Å²) in [5.74, 6) is -0.312. The van der Waals surface area contributed by atoms with E-state index in [1.54, 1.807) is 16.8 Å². The van der Waals surface area contributed by atoms with Gasteiger partial charge in [0.15, 0.2) is 0 Å². The monoisotopic (exact) mass is 446 g/mol. The van der Waals surface area contributed by atoms with E-state index in [2.05, 4.69) is 43.5 Å². The second-order valence-electron chi connectivity index (χ2n) is 9.56. The highest BCUT2D eigenvalue weighted by Crippen LogP contribution is 2.30. The Hall–Kier alpha value is -3.61. The number of amides is 2. The third kappa shape index (κ3) is 5.25. The number of benzene rings is 2. The molecule has 0 spiro atoms. The van der Waals surface area contributed by atoms with Crippen molar-refractivity contribution in [2.24, 2.45) is 0 Å². The molecule has 2 amide bonds. The quantitative estimate of drug-likeness (QED) is 0.514. The fraction of sp³-hybridized carbons (Fsp3) is 0.346. The molecule has 33 heavy (non-hydrogen) atoms. The fourth-order valence-corrected chi connectivity index (χ4v) is 4.18. The molecule has 3 N–H and O–H groups in total. The number of fused-ring (bicyclic) bond motifs is 1. The number of carbonyl (C=O) groups excluding carboxylic acids is 1. The molecule has 4 rings (SSSR count). The van der Waals surface area contributed by atoms with Crippen molar-refractivity contribution >= 4 is 17.8 Å². The van der Waals surface area contributed by atoms with E-state index in [9.17, 15) is 9.59 Å². The SMILES string of the molecule is CC(C)(C)c1cc(NC(=O)N[C@H]2CCCc3ccccc32)n(-c2ccc(CC(=O)O)cc2)n1. The number of nitrogens with zero attached hydrogens (tertiary/aromatic N) is 2. The van der Waals surface area contributed by atoms with E-state index in [-0.39, 0.29) is 23.9 Å². The molecule has 0 fully saturated rings. The van der Waals surface area contributed by atoms with E-state index in [0.29, 0.717) is 11.4 Å². The molecular weight excluding hydrogens is 416 g/mol. The van der Waals surface area contributed by atoms with Crippen LogP contribution >= 0.6 is 0 Å². The van der Waals surface area contributed by atoms with Crippen LogP contribution in [0.5, 0.6) is 0 Å². The van der Waals surface area contributed by atoms with Gasteiger partial charge in [0.1, 0.15) is 5.82 Å². The molecule has 1 aromatic heterocycles. The van der Waals surface area contributed by atoms with Crippen LogP contribution in [0.2, 0.25) is 0 Å². The van der Waals surface area contributed by atoms with Crippen molar-refractivity contribution in [1.29, 1.82) is 0 Å². The van der Waals surface area contributed by atoms with Crippen LogP contribution in [0.25, 0.3) is 5.69 Å². The zero-order valence-corrected chi connectivity index (χ0v) is 19.3. The van der Waals surface area contributed by atoms with E-state index >= 15 is 0 Å². The molecule has 0 aliphatic heterocycles. The van der Waals surface area contributed by atoms with Crippen molar-refractivity contribution in [3.63, 3.8) is 0 Å². The minimum atomic E-state index is -0.875. The summed E-state index contributed by atoms with van der Waals surface area (Å²) >= 11 is 0. The number of nitrogens with one attached hydrogen (secondary N) is 2. The van der Waals surface area contributed by atoms with E-state index in [4.69, 9.17) is 10.2 Å². The number of hydrogen-bond acceptors (Lipinski definition) is 3. The number of hydrogen-bond donors (Lipinski definition) is 3. The Morgan fingerprint density at radius 3 is 2.55 bits per heavy atom. The van der Waals surface area contributed by atoms with Crippen molar-refractivity contribution in [1.82, 2.24) is 15.1 Å². The highest BCUT2D eigenvalue weighted by Gasteiger charge is 2.24. The zero-order chi connectivity index (χ0) is 23.6. The molecule has 0 saturated heterocycles. The Balaban J connectivity index is 1.57. The zero-order valence-electron chi connectivity index (χ0n) is 19.3. The van der Waals surface area contributed by atoms with Gasteiger partial charge in [0.2, 0.25) is 0 Å². The van der Waals surface area contributed by atoms with Gasteiger partial charge in [-0.15, -0.1) is 0 Å². The summed E-state index contributed by atoms with van der Waals surface area (Å²) in [5, 5.41) is 19.9. The van der Waals surface area contributed by atoms with Gasteiger partial charge < -0.3 is 10.4 Å². The molecule has 0 radical (unpaired) electrons. The first-order valence-electron chi connectivity index (χ1n) is 11.3. The number of carbonyl (C=O) groups is 2. The summed E-state index contributed by atoms with van der Waals surface area (Å²) < 4.78 is 1.69. The first-order chi connectivity index (χ1) is 15.7. The lowest BCUT2D eigenvalue weighted by molar-refractivity contribution is -0.136. The molecule has 1 atom stereocenters. The van der Waals surface area contributed by atoms with Gasteiger partial charge >= 0.3 is 12.0 Å². The molecule has 0 saturated carbocycles. The first-order valence-corrected chi connectivity index (χ1v) is 11.3. The van der Waals surface area contributed by atoms with Crippen molar-refractivity contribution in [2.75, 3.05) is 5.32 Å². The van der Waals surface area contributed by atoms with Gasteiger partial charge in [-0.25, -0.2) is 9.48 Å². The maximum absolute atomic E-state index is 13.0. The van der Waals surface area contributed by atoms with Crippen LogP contribution in [-0.2, 0) is 23.1 Å². The molecule has 1 aliphatic carbocycles. The second-order valence-corrected chi connectivity index (χ2v) is 9.56. The number of aryl methyl sites for hydroxylation is 1. The van der Waals surface area contributed by atoms with Gasteiger partial charge in [-0.05, 0) is 48.1 Å². The predicted molar refractivity (Wildman–Crippen MR) is 128 cm³/mol. The van der Waals surface area contributed by atoms with Gasteiger partial charge in [-0.2, -0.15) is 5.10 Å². The van der Waals surface area contributed by atoms with Gasteiger partial charge in [0.05, 0.1) is 23.8 Å². The maximum atomic E-state index is 13.0. The highest BCUT2D eigenvalue weighted by molar-refractivity contribution is 5.89. The lowest BCUT2D eigenvalue weighted by Gasteiger charge is -2.26. The molecule has 0 unspecified atom stereocenters. The van der Waals surface area contributed by atoms with E-state index < -0.39 is 5.97 Å². The largest absolute Gasteiger partial charge is 0.481 e. The van der Waals surface area contributed by atoms with Crippen LogP contribution in [0, 0.1) is 0 Å². The highest BCUT2D eigenvalue weighted by atomic mass is 16.4. The summed E-state index contributed by atoms with van der Waals surface area (Å²) in [7, 11) is 0. The van der Waals surface area contributed by atoms with E-state index in [1.807, 2.05) is 30.3 Å². The average Bonchev–Trinajstić information content (AvgIpc) is 3.18. The first kappa shape index (κ1) is 22.6. The third-order valence-corrected chi connectivity index (χ3v) is 5.93. The second kappa shape index (κ2) is 9.10. The predicted octanol–water partition coefficient (Wildman–Crippen LogP) is 5.00. The number of rotatable bonds is 5. The molecule has 7 heteroatoms.